The Balaban J connectivity index is 4.65. The summed E-state index contributed by atoms with van der Waals surface area (Å²) in [5.41, 5.74) is 0. The number of hydrogen-bond acceptors (Lipinski definition) is 11. The van der Waals surface area contributed by atoms with Gasteiger partial charge in [-0.1, -0.05) is 167 Å². The van der Waals surface area contributed by atoms with Crippen LogP contribution in [0.25, 0.3) is 0 Å². The van der Waals surface area contributed by atoms with Gasteiger partial charge in [0, 0.05) is 12.8 Å². The van der Waals surface area contributed by atoms with Crippen molar-refractivity contribution in [1.29, 1.82) is 0 Å². The molecule has 0 aliphatic carbocycles. The van der Waals surface area contributed by atoms with E-state index in [1.807, 2.05) is 0 Å². The van der Waals surface area contributed by atoms with Crippen LogP contribution in [0.1, 0.15) is 221 Å². The van der Waals surface area contributed by atoms with E-state index < -0.39 is 70.6 Å². The van der Waals surface area contributed by atoms with Crippen molar-refractivity contribution in [2.45, 2.75) is 244 Å². The molecule has 2 unspecified atom stereocenters. The van der Waals surface area contributed by atoms with Crippen molar-refractivity contribution < 1.29 is 59.4 Å². The lowest BCUT2D eigenvalue weighted by Crippen LogP contribution is -2.42. The molecule has 0 aromatic heterocycles. The molecule has 61 heavy (non-hydrogen) atoms. The number of aliphatic hydroxyl groups is 4. The summed E-state index contributed by atoms with van der Waals surface area (Å²) in [6.07, 6.45) is 36.3. The lowest BCUT2D eigenvalue weighted by atomic mass is 10.0. The number of esters is 2. The second-order valence-electron chi connectivity index (χ2n) is 16.6. The predicted molar refractivity (Wildman–Crippen MR) is 245 cm³/mol. The molecule has 0 radical (unpaired) electrons. The normalized spacial score (nSPS) is 15.7. The first-order valence-electron chi connectivity index (χ1n) is 24.9. The number of hydrogen-bond donors (Lipinski definition) is 5. The number of allylic oxidation sites excluding steroid dienone is 4. The van der Waals surface area contributed by atoms with Crippen molar-refractivity contribution in [1.82, 2.24) is 0 Å². The summed E-state index contributed by atoms with van der Waals surface area (Å²) in [6.45, 7) is -0.0850. The molecule has 0 aromatic rings. The van der Waals surface area contributed by atoms with Gasteiger partial charge in [0.1, 0.15) is 24.9 Å². The van der Waals surface area contributed by atoms with E-state index in [0.717, 1.165) is 77.0 Å². The van der Waals surface area contributed by atoms with Crippen LogP contribution in [0.15, 0.2) is 24.3 Å². The fraction of sp³-hybridized carbons (Fsp3) is 0.875. The van der Waals surface area contributed by atoms with Crippen LogP contribution < -0.4 is 0 Å². The van der Waals surface area contributed by atoms with E-state index in [1.54, 1.807) is 0 Å². The minimum Gasteiger partial charge on any atom is -0.462 e. The summed E-state index contributed by atoms with van der Waals surface area (Å²) in [4.78, 5) is 35.7. The van der Waals surface area contributed by atoms with Gasteiger partial charge in [0.25, 0.3) is 0 Å². The van der Waals surface area contributed by atoms with Gasteiger partial charge in [-0.2, -0.15) is 0 Å². The largest absolute Gasteiger partial charge is 0.472 e. The molecule has 0 amide bonds. The number of aliphatic hydroxyl groups excluding tert-OH is 4. The number of carbonyl (C=O) groups excluding carboxylic acids is 2. The molecule has 0 saturated heterocycles. The molecule has 5 N–H and O–H groups in total. The van der Waals surface area contributed by atoms with Crippen LogP contribution in [-0.4, -0.2) is 88.1 Å². The Labute approximate surface area is 372 Å². The van der Waals surface area contributed by atoms with Gasteiger partial charge in [0.15, 0.2) is 6.10 Å². The first-order valence-corrected chi connectivity index (χ1v) is 25.9. The van der Waals surface area contributed by atoms with E-state index in [9.17, 15) is 34.4 Å². The lowest BCUT2D eigenvalue weighted by Gasteiger charge is -2.26. The van der Waals surface area contributed by atoms with Crippen molar-refractivity contribution >= 4 is 19.8 Å². The third-order valence-electron chi connectivity index (χ3n) is 10.7. The minimum atomic E-state index is -5.08. The maximum atomic E-state index is 12.8. The summed E-state index contributed by atoms with van der Waals surface area (Å²) in [6, 6.07) is 0. The highest BCUT2D eigenvalue weighted by Crippen LogP contribution is 2.45. The molecule has 0 aromatic carbocycles. The topological polar surface area (TPSA) is 189 Å². The van der Waals surface area contributed by atoms with E-state index in [4.69, 9.17) is 25.0 Å². The number of ether oxygens (including phenoxy) is 2. The fourth-order valence-corrected chi connectivity index (χ4v) is 7.79. The number of phosphoric acid groups is 1. The van der Waals surface area contributed by atoms with E-state index in [-0.39, 0.29) is 12.8 Å². The van der Waals surface area contributed by atoms with Gasteiger partial charge in [-0.05, 0) is 64.2 Å². The second kappa shape index (κ2) is 43.6. The van der Waals surface area contributed by atoms with Gasteiger partial charge < -0.3 is 34.8 Å². The molecule has 6 atom stereocenters. The molecule has 0 saturated carbocycles. The molecule has 0 aliphatic heterocycles. The highest BCUT2D eigenvalue weighted by Gasteiger charge is 2.35. The van der Waals surface area contributed by atoms with Gasteiger partial charge in [-0.15, -0.1) is 0 Å². The summed E-state index contributed by atoms with van der Waals surface area (Å²) in [5, 5.41) is 38.3. The molecular weight excluding hydrogens is 799 g/mol. The van der Waals surface area contributed by atoms with Crippen LogP contribution in [0, 0.1) is 0 Å². The smallest absolute Gasteiger partial charge is 0.462 e. The van der Waals surface area contributed by atoms with Gasteiger partial charge >= 0.3 is 19.8 Å². The molecular formula is C48H91O12P. The monoisotopic (exact) mass is 892 g/mol. The standard InChI is InChI=1S/C48H91O12P/c1-3-5-7-9-11-13-15-17-19-20-21-22-24-26-28-30-32-34-36-38-47(53)59-43(42-58-61(55,56)60-45(40-50)48(54)44(51)39-49)41-57-46(52)37-35-33-31-29-27-25-23-18-16-14-12-10-8-6-4-2/h11,13,21-22,43-45,48-51,54H,3-10,12,14-20,23-42H2,1-2H3,(H,55,56)/b13-11-,22-21-/t43-,44-,45-,48+/m1/s1/i41D/t41?,43-,44-,45-,48+. The molecule has 0 heterocycles. The molecule has 0 rings (SSSR count). The van der Waals surface area contributed by atoms with Crippen LogP contribution in [-0.2, 0) is 32.7 Å². The van der Waals surface area contributed by atoms with Crippen molar-refractivity contribution in [2.24, 2.45) is 0 Å². The second-order valence-corrected chi connectivity index (χ2v) is 18.0. The zero-order valence-electron chi connectivity index (χ0n) is 39.5. The van der Waals surface area contributed by atoms with Gasteiger partial charge in [-0.3, -0.25) is 18.6 Å². The van der Waals surface area contributed by atoms with Crippen LogP contribution in [0.3, 0.4) is 0 Å². The van der Waals surface area contributed by atoms with E-state index in [0.29, 0.717) is 12.8 Å². The molecule has 12 nitrogen and oxygen atoms in total. The number of rotatable bonds is 46. The molecule has 0 fully saturated rings. The maximum Gasteiger partial charge on any atom is 0.472 e. The first kappa shape index (κ1) is 57.4. The quantitative estimate of drug-likeness (QED) is 0.0169. The molecule has 360 valence electrons. The minimum absolute atomic E-state index is 0.0266. The molecule has 0 bridgehead atoms. The third kappa shape index (κ3) is 39.7. The lowest BCUT2D eigenvalue weighted by molar-refractivity contribution is -0.161. The maximum absolute atomic E-state index is 12.8. The van der Waals surface area contributed by atoms with Crippen LogP contribution in [0.2, 0.25) is 0 Å². The zero-order valence-corrected chi connectivity index (χ0v) is 39.4. The first-order chi connectivity index (χ1) is 30.0. The Morgan fingerprint density at radius 3 is 1.39 bits per heavy atom. The average molecular weight is 892 g/mol. The number of carbonyl (C=O) groups is 2. The van der Waals surface area contributed by atoms with Crippen LogP contribution in [0.5, 0.6) is 0 Å². The SMILES string of the molecule is [2H]C(OC(=O)CCCCCCCCCCCCCCCCC)[C@H](COP(=O)(O)O[C@H](CO)[C@@H](O)[C@H](O)CO)OC(=O)CCCCCCCC/C=C\CCCC/C=C\CCCCC. The van der Waals surface area contributed by atoms with Gasteiger partial charge in [-0.25, -0.2) is 4.57 Å². The summed E-state index contributed by atoms with van der Waals surface area (Å²) in [5.74, 6) is -1.36. The Bertz CT molecular complexity index is 1140. The van der Waals surface area contributed by atoms with Crippen molar-refractivity contribution in [2.75, 3.05) is 26.4 Å². The highest BCUT2D eigenvalue weighted by atomic mass is 31.2. The van der Waals surface area contributed by atoms with Crippen molar-refractivity contribution in [3.8, 4) is 0 Å². The molecule has 0 aliphatic rings. The Morgan fingerprint density at radius 2 is 0.951 bits per heavy atom. The Morgan fingerprint density at radius 1 is 0.574 bits per heavy atom. The van der Waals surface area contributed by atoms with E-state index in [2.05, 4.69) is 38.2 Å². The Hall–Kier alpha value is -1.63. The molecule has 13 heteroatoms. The number of phosphoric ester groups is 1. The number of unbranched alkanes of at least 4 members (excludes halogenated alkanes) is 26. The highest BCUT2D eigenvalue weighted by molar-refractivity contribution is 7.47. The third-order valence-corrected chi connectivity index (χ3v) is 11.7. The van der Waals surface area contributed by atoms with Crippen LogP contribution >= 0.6 is 7.82 Å². The predicted octanol–water partition coefficient (Wildman–Crippen LogP) is 11.3. The van der Waals surface area contributed by atoms with Crippen molar-refractivity contribution in [3.05, 3.63) is 24.3 Å². The summed E-state index contributed by atoms with van der Waals surface area (Å²) < 4.78 is 41.5. The zero-order chi connectivity index (χ0) is 45.9. The summed E-state index contributed by atoms with van der Waals surface area (Å²) >= 11 is 0. The van der Waals surface area contributed by atoms with Crippen molar-refractivity contribution in [3.63, 3.8) is 0 Å². The summed E-state index contributed by atoms with van der Waals surface area (Å²) in [7, 11) is -5.08. The van der Waals surface area contributed by atoms with Crippen LogP contribution in [0.4, 0.5) is 0 Å². The van der Waals surface area contributed by atoms with Gasteiger partial charge in [0.05, 0.1) is 21.2 Å². The van der Waals surface area contributed by atoms with E-state index >= 15 is 0 Å². The fourth-order valence-electron chi connectivity index (χ4n) is 6.86. The average Bonchev–Trinajstić information content (AvgIpc) is 3.25. The Kier molecular flexibility index (Phi) is 41.0. The van der Waals surface area contributed by atoms with E-state index in [1.165, 1.54) is 103 Å². The molecule has 0 spiro atoms. The van der Waals surface area contributed by atoms with Gasteiger partial charge in [0.2, 0.25) is 0 Å².